The average molecular weight is 191 g/mol. The van der Waals surface area contributed by atoms with E-state index in [1.807, 2.05) is 0 Å². The van der Waals surface area contributed by atoms with Crippen LogP contribution in [0.15, 0.2) is 0 Å². The molecule has 1 heterocycles. The highest BCUT2D eigenvalue weighted by molar-refractivity contribution is 5.00. The van der Waals surface area contributed by atoms with Crippen LogP contribution in [0, 0.1) is 0 Å². The van der Waals surface area contributed by atoms with Gasteiger partial charge in [-0.15, -0.1) is 0 Å². The molecule has 5 atom stereocenters. The molecular weight excluding hydrogens is 174 g/mol. The van der Waals surface area contributed by atoms with E-state index in [2.05, 4.69) is 5.32 Å². The fourth-order valence-electron chi connectivity index (χ4n) is 1.65. The summed E-state index contributed by atoms with van der Waals surface area (Å²) in [4.78, 5) is 0. The lowest BCUT2D eigenvalue weighted by molar-refractivity contribution is -0.00306. The van der Waals surface area contributed by atoms with Gasteiger partial charge in [0.25, 0.3) is 0 Å². The summed E-state index contributed by atoms with van der Waals surface area (Å²) >= 11 is 0. The van der Waals surface area contributed by atoms with Crippen LogP contribution in [0.4, 0.5) is 0 Å². The fraction of sp³-hybridized carbons (Fsp3) is 1.00. The van der Waals surface area contributed by atoms with Crippen molar-refractivity contribution in [2.24, 2.45) is 0 Å². The SMILES string of the molecule is CCC(O)C1NC(CO)C(O)C1O. The molecule has 0 amide bonds. The first-order chi connectivity index (χ1) is 6.11. The molecule has 0 saturated carbocycles. The summed E-state index contributed by atoms with van der Waals surface area (Å²) in [5, 5.41) is 39.9. The number of hydrogen-bond donors (Lipinski definition) is 5. The van der Waals surface area contributed by atoms with Gasteiger partial charge in [0.05, 0.1) is 37.0 Å². The van der Waals surface area contributed by atoms with Gasteiger partial charge in [-0.2, -0.15) is 0 Å². The highest BCUT2D eigenvalue weighted by Gasteiger charge is 2.43. The monoisotopic (exact) mass is 191 g/mol. The smallest absolute Gasteiger partial charge is 0.0993 e. The van der Waals surface area contributed by atoms with Crippen molar-refractivity contribution in [2.75, 3.05) is 6.61 Å². The lowest BCUT2D eigenvalue weighted by Gasteiger charge is -2.20. The van der Waals surface area contributed by atoms with Gasteiger partial charge in [0.2, 0.25) is 0 Å². The zero-order chi connectivity index (χ0) is 10.0. The van der Waals surface area contributed by atoms with E-state index in [0.29, 0.717) is 6.42 Å². The molecule has 13 heavy (non-hydrogen) atoms. The number of rotatable bonds is 3. The van der Waals surface area contributed by atoms with Crippen LogP contribution >= 0.6 is 0 Å². The standard InChI is InChI=1S/C8H17NO4/c1-2-5(11)6-8(13)7(12)4(3-10)9-6/h4-13H,2-3H2,1H3. The molecule has 5 unspecified atom stereocenters. The van der Waals surface area contributed by atoms with E-state index in [9.17, 15) is 15.3 Å². The fourth-order valence-corrected chi connectivity index (χ4v) is 1.65. The Morgan fingerprint density at radius 2 is 1.92 bits per heavy atom. The van der Waals surface area contributed by atoms with Gasteiger partial charge in [0.1, 0.15) is 0 Å². The Morgan fingerprint density at radius 1 is 1.31 bits per heavy atom. The number of hydrogen-bond acceptors (Lipinski definition) is 5. The van der Waals surface area contributed by atoms with Crippen LogP contribution in [0.5, 0.6) is 0 Å². The molecule has 1 aliphatic rings. The Hall–Kier alpha value is -0.200. The van der Waals surface area contributed by atoms with Crippen LogP contribution in [0.3, 0.4) is 0 Å². The number of nitrogens with one attached hydrogen (secondary N) is 1. The summed E-state index contributed by atoms with van der Waals surface area (Å²) in [6.07, 6.45) is -2.20. The highest BCUT2D eigenvalue weighted by Crippen LogP contribution is 2.18. The lowest BCUT2D eigenvalue weighted by atomic mass is 10.0. The zero-order valence-electron chi connectivity index (χ0n) is 7.59. The van der Waals surface area contributed by atoms with Gasteiger partial charge >= 0.3 is 0 Å². The summed E-state index contributed by atoms with van der Waals surface area (Å²) in [5.41, 5.74) is 0. The van der Waals surface area contributed by atoms with Gasteiger partial charge in [-0.05, 0) is 6.42 Å². The van der Waals surface area contributed by atoms with E-state index >= 15 is 0 Å². The number of aliphatic hydroxyl groups is 4. The predicted octanol–water partition coefficient (Wildman–Crippen LogP) is -2.19. The van der Waals surface area contributed by atoms with Crippen molar-refractivity contribution in [1.29, 1.82) is 0 Å². The van der Waals surface area contributed by atoms with Gasteiger partial charge in [-0.1, -0.05) is 6.92 Å². The van der Waals surface area contributed by atoms with Crippen molar-refractivity contribution >= 4 is 0 Å². The molecular formula is C8H17NO4. The molecule has 1 rings (SSSR count). The van der Waals surface area contributed by atoms with Crippen molar-refractivity contribution in [3.63, 3.8) is 0 Å². The minimum atomic E-state index is -1.01. The first-order valence-corrected chi connectivity index (χ1v) is 4.53. The first-order valence-electron chi connectivity index (χ1n) is 4.53. The van der Waals surface area contributed by atoms with E-state index in [-0.39, 0.29) is 6.61 Å². The number of aliphatic hydroxyl groups excluding tert-OH is 4. The molecule has 0 aromatic heterocycles. The third-order valence-electron chi connectivity index (χ3n) is 2.57. The van der Waals surface area contributed by atoms with Crippen molar-refractivity contribution in [1.82, 2.24) is 5.32 Å². The van der Waals surface area contributed by atoms with Crippen LogP contribution in [0.1, 0.15) is 13.3 Å². The largest absolute Gasteiger partial charge is 0.395 e. The van der Waals surface area contributed by atoms with Gasteiger partial charge in [-0.25, -0.2) is 0 Å². The molecule has 0 aliphatic carbocycles. The maximum atomic E-state index is 9.48. The second-order valence-corrected chi connectivity index (χ2v) is 3.44. The second-order valence-electron chi connectivity index (χ2n) is 3.44. The topological polar surface area (TPSA) is 93.0 Å². The van der Waals surface area contributed by atoms with Crippen LogP contribution in [0.25, 0.3) is 0 Å². The lowest BCUT2D eigenvalue weighted by Crippen LogP contribution is -2.43. The van der Waals surface area contributed by atoms with Crippen LogP contribution in [-0.4, -0.2) is 57.4 Å². The van der Waals surface area contributed by atoms with Crippen molar-refractivity contribution < 1.29 is 20.4 Å². The first kappa shape index (κ1) is 10.9. The summed E-state index contributed by atoms with van der Waals surface area (Å²) in [6, 6.07) is -1.08. The zero-order valence-corrected chi connectivity index (χ0v) is 7.59. The Morgan fingerprint density at radius 3 is 2.31 bits per heavy atom. The predicted molar refractivity (Wildman–Crippen MR) is 46.1 cm³/mol. The molecule has 1 saturated heterocycles. The molecule has 5 N–H and O–H groups in total. The van der Waals surface area contributed by atoms with Crippen molar-refractivity contribution in [3.8, 4) is 0 Å². The van der Waals surface area contributed by atoms with Crippen LogP contribution in [0.2, 0.25) is 0 Å². The molecule has 5 nitrogen and oxygen atoms in total. The van der Waals surface area contributed by atoms with Crippen LogP contribution < -0.4 is 5.32 Å². The Labute approximate surface area is 77.0 Å². The third kappa shape index (κ3) is 2.00. The summed E-state index contributed by atoms with van der Waals surface area (Å²) < 4.78 is 0. The molecule has 78 valence electrons. The van der Waals surface area contributed by atoms with E-state index in [1.165, 1.54) is 0 Å². The Bertz CT molecular complexity index is 166. The normalized spacial score (nSPS) is 42.2. The quantitative estimate of drug-likeness (QED) is 0.349. The van der Waals surface area contributed by atoms with Gasteiger partial charge in [-0.3, -0.25) is 0 Å². The summed E-state index contributed by atoms with van der Waals surface area (Å²) in [6.45, 7) is 1.54. The minimum absolute atomic E-state index is 0.245. The highest BCUT2D eigenvalue weighted by atomic mass is 16.3. The van der Waals surface area contributed by atoms with Gasteiger partial charge in [0, 0.05) is 0 Å². The van der Waals surface area contributed by atoms with E-state index < -0.39 is 30.4 Å². The van der Waals surface area contributed by atoms with Crippen LogP contribution in [-0.2, 0) is 0 Å². The summed E-state index contributed by atoms with van der Waals surface area (Å²) in [7, 11) is 0. The van der Waals surface area contributed by atoms with Crippen molar-refractivity contribution in [3.05, 3.63) is 0 Å². The van der Waals surface area contributed by atoms with Gasteiger partial charge < -0.3 is 25.7 Å². The average Bonchev–Trinajstić information content (AvgIpc) is 2.43. The molecule has 0 spiro atoms. The van der Waals surface area contributed by atoms with Gasteiger partial charge in [0.15, 0.2) is 0 Å². The summed E-state index contributed by atoms with van der Waals surface area (Å²) in [5.74, 6) is 0. The molecule has 1 fully saturated rings. The molecule has 0 aromatic carbocycles. The van der Waals surface area contributed by atoms with E-state index in [1.54, 1.807) is 6.92 Å². The second kappa shape index (κ2) is 4.34. The third-order valence-corrected chi connectivity index (χ3v) is 2.57. The molecule has 1 aliphatic heterocycles. The molecule has 0 aromatic rings. The Kier molecular flexibility index (Phi) is 3.63. The molecule has 5 heteroatoms. The Balaban J connectivity index is 2.60. The maximum absolute atomic E-state index is 9.48. The van der Waals surface area contributed by atoms with E-state index in [4.69, 9.17) is 5.11 Å². The van der Waals surface area contributed by atoms with E-state index in [0.717, 1.165) is 0 Å². The minimum Gasteiger partial charge on any atom is -0.395 e. The molecule has 0 radical (unpaired) electrons. The van der Waals surface area contributed by atoms with Crippen molar-refractivity contribution in [2.45, 2.75) is 43.7 Å². The maximum Gasteiger partial charge on any atom is 0.0993 e. The molecule has 0 bridgehead atoms.